The first-order valence-electron chi connectivity index (χ1n) is 13.5. The fourth-order valence-corrected chi connectivity index (χ4v) is 4.35. The first-order chi connectivity index (χ1) is 18.3. The number of benzene rings is 1. The molecule has 0 bridgehead atoms. The van der Waals surface area contributed by atoms with Crippen LogP contribution < -0.4 is 10.7 Å². The summed E-state index contributed by atoms with van der Waals surface area (Å²) in [6.07, 6.45) is 3.98. The van der Waals surface area contributed by atoms with Gasteiger partial charge in [-0.05, 0) is 71.6 Å². The van der Waals surface area contributed by atoms with Crippen molar-refractivity contribution in [1.29, 1.82) is 0 Å². The Morgan fingerprint density at radius 3 is 2.33 bits per heavy atom. The maximum atomic E-state index is 14.0. The number of hydrogen-bond donors (Lipinski definition) is 1. The van der Waals surface area contributed by atoms with Crippen LogP contribution in [0.15, 0.2) is 63.8 Å². The Labute approximate surface area is 232 Å². The lowest BCUT2D eigenvalue weighted by atomic mass is 9.92. The SMILES string of the molecule is C=CC(=CC)Cc1c([C@@H](C(C)C)N(CCCNC(=O)OC(C)(C)C)C(=O)c2ccc(C)cc2)oc(C)cc1=O. The predicted molar refractivity (Wildman–Crippen MR) is 156 cm³/mol. The molecule has 0 saturated heterocycles. The molecule has 2 amide bonds. The monoisotopic (exact) mass is 536 g/mol. The molecule has 1 aromatic carbocycles. The molecule has 1 heterocycles. The van der Waals surface area contributed by atoms with Gasteiger partial charge in [0.05, 0.1) is 6.04 Å². The lowest BCUT2D eigenvalue weighted by Gasteiger charge is -2.35. The molecule has 0 unspecified atom stereocenters. The highest BCUT2D eigenvalue weighted by Crippen LogP contribution is 2.33. The molecule has 0 spiro atoms. The number of nitrogens with zero attached hydrogens (tertiary/aromatic N) is 1. The lowest BCUT2D eigenvalue weighted by Crippen LogP contribution is -2.41. The summed E-state index contributed by atoms with van der Waals surface area (Å²) in [5.41, 5.74) is 2.28. The third-order valence-electron chi connectivity index (χ3n) is 6.25. The van der Waals surface area contributed by atoms with Crippen LogP contribution >= 0.6 is 0 Å². The summed E-state index contributed by atoms with van der Waals surface area (Å²) in [4.78, 5) is 41.1. The quantitative estimate of drug-likeness (QED) is 0.255. The van der Waals surface area contributed by atoms with Crippen molar-refractivity contribution in [2.45, 2.75) is 79.9 Å². The van der Waals surface area contributed by atoms with Crippen molar-refractivity contribution in [3.8, 4) is 0 Å². The maximum absolute atomic E-state index is 14.0. The average Bonchev–Trinajstić information content (AvgIpc) is 2.84. The molecule has 0 aliphatic heterocycles. The molecule has 2 aromatic rings. The van der Waals surface area contributed by atoms with E-state index in [1.807, 2.05) is 58.0 Å². The van der Waals surface area contributed by atoms with Crippen LogP contribution in [0.25, 0.3) is 0 Å². The number of aryl methyl sites for hydroxylation is 2. The van der Waals surface area contributed by atoms with Crippen molar-refractivity contribution in [3.63, 3.8) is 0 Å². The first kappa shape index (κ1) is 31.6. The van der Waals surface area contributed by atoms with E-state index < -0.39 is 17.7 Å². The van der Waals surface area contributed by atoms with Crippen LogP contribution in [-0.2, 0) is 11.2 Å². The summed E-state index contributed by atoms with van der Waals surface area (Å²) in [7, 11) is 0. The van der Waals surface area contributed by atoms with Gasteiger partial charge in [-0.1, -0.05) is 50.3 Å². The minimum Gasteiger partial charge on any atom is -0.464 e. The summed E-state index contributed by atoms with van der Waals surface area (Å²) in [6, 6.07) is 8.41. The van der Waals surface area contributed by atoms with Gasteiger partial charge in [-0.15, -0.1) is 0 Å². The highest BCUT2D eigenvalue weighted by Gasteiger charge is 2.33. The van der Waals surface area contributed by atoms with Crippen LogP contribution in [0.3, 0.4) is 0 Å². The Bertz CT molecular complexity index is 1230. The van der Waals surface area contributed by atoms with Crippen LogP contribution in [0.4, 0.5) is 4.79 Å². The van der Waals surface area contributed by atoms with Gasteiger partial charge in [0.1, 0.15) is 17.1 Å². The molecule has 0 radical (unpaired) electrons. The van der Waals surface area contributed by atoms with Crippen molar-refractivity contribution in [3.05, 3.63) is 93.1 Å². The molecule has 0 fully saturated rings. The molecule has 1 atom stereocenters. The third-order valence-corrected chi connectivity index (χ3v) is 6.25. The normalized spacial score (nSPS) is 12.7. The van der Waals surface area contributed by atoms with Gasteiger partial charge in [-0.2, -0.15) is 0 Å². The fraction of sp³-hybridized carbons (Fsp3) is 0.469. The van der Waals surface area contributed by atoms with Crippen LogP contribution in [0, 0.1) is 19.8 Å². The number of hydrogen-bond acceptors (Lipinski definition) is 5. The van der Waals surface area contributed by atoms with Crippen molar-refractivity contribution < 1.29 is 18.7 Å². The minimum atomic E-state index is -0.601. The third kappa shape index (κ3) is 9.27. The van der Waals surface area contributed by atoms with Crippen LogP contribution in [0.1, 0.15) is 87.0 Å². The molecule has 0 aliphatic carbocycles. The number of carbonyl (C=O) groups is 2. The van der Waals surface area contributed by atoms with Gasteiger partial charge in [-0.3, -0.25) is 9.59 Å². The zero-order valence-corrected chi connectivity index (χ0v) is 24.7. The number of nitrogens with one attached hydrogen (secondary N) is 1. The number of allylic oxidation sites excluding steroid dienone is 3. The van der Waals surface area contributed by atoms with Crippen LogP contribution in [0.5, 0.6) is 0 Å². The average molecular weight is 537 g/mol. The second kappa shape index (κ2) is 14.0. The summed E-state index contributed by atoms with van der Waals surface area (Å²) in [5, 5.41) is 2.77. The molecule has 39 heavy (non-hydrogen) atoms. The summed E-state index contributed by atoms with van der Waals surface area (Å²) >= 11 is 0. The van der Waals surface area contributed by atoms with Crippen LogP contribution in [-0.4, -0.2) is 35.6 Å². The van der Waals surface area contributed by atoms with E-state index in [-0.39, 0.29) is 17.3 Å². The van der Waals surface area contributed by atoms with E-state index in [0.29, 0.717) is 48.6 Å². The van der Waals surface area contributed by atoms with Crippen molar-refractivity contribution in [2.75, 3.05) is 13.1 Å². The van der Waals surface area contributed by atoms with E-state index in [9.17, 15) is 14.4 Å². The molecule has 0 aliphatic rings. The van der Waals surface area contributed by atoms with Gasteiger partial charge < -0.3 is 19.4 Å². The largest absolute Gasteiger partial charge is 0.464 e. The van der Waals surface area contributed by atoms with Gasteiger partial charge in [0, 0.05) is 36.7 Å². The van der Waals surface area contributed by atoms with Crippen molar-refractivity contribution in [2.24, 2.45) is 5.92 Å². The van der Waals surface area contributed by atoms with Crippen LogP contribution in [0.2, 0.25) is 0 Å². The van der Waals surface area contributed by atoms with Gasteiger partial charge >= 0.3 is 6.09 Å². The highest BCUT2D eigenvalue weighted by atomic mass is 16.6. The Balaban J connectivity index is 2.52. The molecular formula is C32H44N2O5. The van der Waals surface area contributed by atoms with E-state index >= 15 is 0 Å². The standard InChI is InChI=1S/C32H44N2O5/c1-10-24(11-2)20-26-27(35)19-23(6)38-29(26)28(21(3)4)34(30(36)25-15-13-22(5)14-16-25)18-12-17-33-31(37)39-32(7,8)9/h10-11,13-16,19,21,28H,1,12,17-18,20H2,2-9H3,(H,33,37)/t28-/m1/s1. The Kier molecular flexibility index (Phi) is 11.3. The molecular weight excluding hydrogens is 492 g/mol. The van der Waals surface area contributed by atoms with Gasteiger partial charge in [0.25, 0.3) is 5.91 Å². The van der Waals surface area contributed by atoms with E-state index in [0.717, 1.165) is 11.1 Å². The summed E-state index contributed by atoms with van der Waals surface area (Å²) < 4.78 is 11.6. The predicted octanol–water partition coefficient (Wildman–Crippen LogP) is 6.69. The van der Waals surface area contributed by atoms with E-state index in [1.165, 1.54) is 6.07 Å². The van der Waals surface area contributed by atoms with Crippen molar-refractivity contribution >= 4 is 12.0 Å². The van der Waals surface area contributed by atoms with Gasteiger partial charge in [-0.25, -0.2) is 4.79 Å². The van der Waals surface area contributed by atoms with E-state index in [1.54, 1.807) is 38.7 Å². The van der Waals surface area contributed by atoms with Crippen molar-refractivity contribution in [1.82, 2.24) is 10.2 Å². The maximum Gasteiger partial charge on any atom is 0.407 e. The minimum absolute atomic E-state index is 0.0697. The number of carbonyl (C=O) groups excluding carboxylic acids is 2. The molecule has 1 N–H and O–H groups in total. The number of rotatable bonds is 11. The first-order valence-corrected chi connectivity index (χ1v) is 13.5. The second-order valence-corrected chi connectivity index (χ2v) is 11.1. The lowest BCUT2D eigenvalue weighted by molar-refractivity contribution is 0.0516. The van der Waals surface area contributed by atoms with E-state index in [2.05, 4.69) is 11.9 Å². The zero-order valence-electron chi connectivity index (χ0n) is 24.7. The van der Waals surface area contributed by atoms with E-state index in [4.69, 9.17) is 9.15 Å². The summed E-state index contributed by atoms with van der Waals surface area (Å²) in [6.45, 7) is 19.6. The number of alkyl carbamates (subject to hydrolysis) is 1. The molecule has 2 rings (SSSR count). The van der Waals surface area contributed by atoms with Gasteiger partial charge in [0.2, 0.25) is 0 Å². The topological polar surface area (TPSA) is 88.8 Å². The molecule has 7 nitrogen and oxygen atoms in total. The smallest absolute Gasteiger partial charge is 0.407 e. The molecule has 0 saturated carbocycles. The second-order valence-electron chi connectivity index (χ2n) is 11.1. The Hall–Kier alpha value is -3.61. The zero-order chi connectivity index (χ0) is 29.3. The summed E-state index contributed by atoms with van der Waals surface area (Å²) in [5.74, 6) is 0.729. The Morgan fingerprint density at radius 2 is 1.79 bits per heavy atom. The number of ether oxygens (including phenoxy) is 1. The van der Waals surface area contributed by atoms with Gasteiger partial charge in [0.15, 0.2) is 5.43 Å². The Morgan fingerprint density at radius 1 is 1.15 bits per heavy atom. The molecule has 7 heteroatoms. The number of amides is 2. The highest BCUT2D eigenvalue weighted by molar-refractivity contribution is 5.94. The molecule has 1 aromatic heterocycles. The molecule has 212 valence electrons. The fourth-order valence-electron chi connectivity index (χ4n) is 4.35.